The molecular formula is C37H59F2NO7. The first-order chi connectivity index (χ1) is 22.4. The number of aliphatic carboxylic acids is 1. The molecule has 1 aromatic rings. The summed E-state index contributed by atoms with van der Waals surface area (Å²) in [5.41, 5.74) is -1.67. The summed E-state index contributed by atoms with van der Waals surface area (Å²) in [5.74, 6) is -6.49. The lowest BCUT2D eigenvalue weighted by molar-refractivity contribution is -0.167. The number of hydrogen-bond donors (Lipinski definition) is 3. The number of unbranched alkanes of at least 4 members (excludes halogenated alkanes) is 9. The molecule has 0 aliphatic carbocycles. The molecule has 8 nitrogen and oxygen atoms in total. The molecule has 1 aromatic carbocycles. The minimum atomic E-state index is -2.64. The number of nitrogens with one attached hydrogen (secondary N) is 1. The Bertz CT molecular complexity index is 1060. The van der Waals surface area contributed by atoms with Gasteiger partial charge in [0.05, 0.1) is 19.6 Å². The zero-order valence-electron chi connectivity index (χ0n) is 29.0. The summed E-state index contributed by atoms with van der Waals surface area (Å²) in [6.07, 6.45) is 12.4. The molecular weight excluding hydrogens is 608 g/mol. The highest BCUT2D eigenvalue weighted by Crippen LogP contribution is 2.29. The number of hydrogen-bond acceptors (Lipinski definition) is 6. The van der Waals surface area contributed by atoms with Gasteiger partial charge < -0.3 is 25.0 Å². The fourth-order valence-corrected chi connectivity index (χ4v) is 5.47. The van der Waals surface area contributed by atoms with Crippen molar-refractivity contribution in [2.75, 3.05) is 13.7 Å². The van der Waals surface area contributed by atoms with Gasteiger partial charge in [-0.25, -0.2) is 18.4 Å². The van der Waals surface area contributed by atoms with Gasteiger partial charge in [-0.1, -0.05) is 96.4 Å². The average Bonchev–Trinajstić information content (AvgIpc) is 3.04. The molecule has 0 bridgehead atoms. The number of benzene rings is 1. The van der Waals surface area contributed by atoms with E-state index in [9.17, 15) is 33.4 Å². The van der Waals surface area contributed by atoms with Crippen LogP contribution in [0, 0.1) is 5.92 Å². The second-order valence-corrected chi connectivity index (χ2v) is 12.5. The van der Waals surface area contributed by atoms with Gasteiger partial charge >= 0.3 is 11.9 Å². The smallest absolute Gasteiger partial charge is 0.336 e. The Morgan fingerprint density at radius 1 is 0.851 bits per heavy atom. The number of ether oxygens (including phenoxy) is 2. The Morgan fingerprint density at radius 3 is 2.00 bits per heavy atom. The molecule has 268 valence electrons. The highest BCUT2D eigenvalue weighted by atomic mass is 19.3. The van der Waals surface area contributed by atoms with Crippen molar-refractivity contribution in [2.45, 2.75) is 147 Å². The topological polar surface area (TPSA) is 122 Å². The molecule has 0 spiro atoms. The van der Waals surface area contributed by atoms with Crippen LogP contribution < -0.4 is 10.1 Å². The fourth-order valence-electron chi connectivity index (χ4n) is 5.47. The van der Waals surface area contributed by atoms with E-state index < -0.39 is 41.3 Å². The van der Waals surface area contributed by atoms with Crippen LogP contribution in [0.5, 0.6) is 5.75 Å². The van der Waals surface area contributed by atoms with Crippen molar-refractivity contribution < 1.29 is 42.9 Å². The number of carbonyl (C=O) groups is 3. The number of carboxylic acid groups (broad SMARTS) is 1. The van der Waals surface area contributed by atoms with Crippen LogP contribution in [0.3, 0.4) is 0 Å². The highest BCUT2D eigenvalue weighted by Gasteiger charge is 2.46. The molecule has 0 radical (unpaired) electrons. The van der Waals surface area contributed by atoms with Crippen molar-refractivity contribution >= 4 is 17.8 Å². The highest BCUT2D eigenvalue weighted by molar-refractivity contribution is 5.92. The average molecular weight is 668 g/mol. The van der Waals surface area contributed by atoms with Crippen LogP contribution in [-0.2, 0) is 25.5 Å². The molecule has 0 saturated carbocycles. The molecule has 10 heteroatoms. The van der Waals surface area contributed by atoms with Gasteiger partial charge in [-0.3, -0.25) is 4.79 Å². The molecule has 1 rings (SSSR count). The predicted octanol–water partition coefficient (Wildman–Crippen LogP) is 8.19. The van der Waals surface area contributed by atoms with Crippen LogP contribution in [0.2, 0.25) is 0 Å². The van der Waals surface area contributed by atoms with Gasteiger partial charge in [0.15, 0.2) is 5.60 Å². The van der Waals surface area contributed by atoms with Crippen LogP contribution in [0.1, 0.15) is 129 Å². The van der Waals surface area contributed by atoms with E-state index in [0.717, 1.165) is 44.1 Å². The van der Waals surface area contributed by atoms with Gasteiger partial charge in [0.1, 0.15) is 11.8 Å². The van der Waals surface area contributed by atoms with Gasteiger partial charge in [-0.15, -0.1) is 0 Å². The van der Waals surface area contributed by atoms with Crippen LogP contribution in [0.25, 0.3) is 0 Å². The van der Waals surface area contributed by atoms with Crippen LogP contribution in [-0.4, -0.2) is 59.3 Å². The van der Waals surface area contributed by atoms with Gasteiger partial charge in [0.25, 0.3) is 0 Å². The Morgan fingerprint density at radius 2 is 1.45 bits per heavy atom. The third-order valence-corrected chi connectivity index (χ3v) is 8.37. The van der Waals surface area contributed by atoms with Crippen molar-refractivity contribution in [3.8, 4) is 5.75 Å². The molecule has 3 atom stereocenters. The van der Waals surface area contributed by atoms with Crippen LogP contribution in [0.4, 0.5) is 8.78 Å². The third-order valence-electron chi connectivity index (χ3n) is 8.37. The van der Waals surface area contributed by atoms with Crippen molar-refractivity contribution in [1.82, 2.24) is 5.32 Å². The number of allylic oxidation sites excluding steroid dienone is 1. The number of halogens is 2. The Labute approximate surface area is 280 Å². The monoisotopic (exact) mass is 667 g/mol. The molecule has 0 heterocycles. The summed E-state index contributed by atoms with van der Waals surface area (Å²) in [5, 5.41) is 23.7. The van der Waals surface area contributed by atoms with E-state index in [2.05, 4.69) is 19.2 Å². The maximum absolute atomic E-state index is 14.2. The first-order valence-corrected chi connectivity index (χ1v) is 17.5. The fraction of sp³-hybridized carbons (Fsp3) is 0.703. The van der Waals surface area contributed by atoms with Crippen molar-refractivity contribution in [2.24, 2.45) is 5.92 Å². The first kappa shape index (κ1) is 42.0. The third kappa shape index (κ3) is 16.6. The number of aliphatic hydroxyl groups is 1. The minimum Gasteiger partial charge on any atom is -0.494 e. The second-order valence-electron chi connectivity index (χ2n) is 12.5. The molecule has 47 heavy (non-hydrogen) atoms. The van der Waals surface area contributed by atoms with E-state index in [1.165, 1.54) is 13.2 Å². The van der Waals surface area contributed by atoms with Crippen LogP contribution >= 0.6 is 0 Å². The summed E-state index contributed by atoms with van der Waals surface area (Å²) in [4.78, 5) is 38.4. The zero-order chi connectivity index (χ0) is 35.1. The number of rotatable bonds is 27. The molecule has 0 fully saturated rings. The molecule has 1 unspecified atom stereocenters. The van der Waals surface area contributed by atoms with E-state index in [-0.39, 0.29) is 25.7 Å². The van der Waals surface area contributed by atoms with E-state index in [0.29, 0.717) is 57.3 Å². The van der Waals surface area contributed by atoms with Crippen molar-refractivity contribution in [1.29, 1.82) is 0 Å². The SMILES string of the molecule is CCCCCCCC(F)(F)CCCCCCC=C[C@H](C(=O)NC(Cc1ccc(OCCCC)cc1)C(=O)OC)[C@@](O)(CCC)C(=O)O. The number of esters is 1. The number of methoxy groups -OCH3 is 1. The molecule has 0 aromatic heterocycles. The normalized spacial score (nSPS) is 14.4. The summed E-state index contributed by atoms with van der Waals surface area (Å²) in [6.45, 7) is 6.46. The maximum atomic E-state index is 14.2. The van der Waals surface area contributed by atoms with Crippen LogP contribution in [0.15, 0.2) is 36.4 Å². The Hall–Kier alpha value is -3.01. The summed E-state index contributed by atoms with van der Waals surface area (Å²) in [6, 6.07) is 5.99. The lowest BCUT2D eigenvalue weighted by Crippen LogP contribution is -2.54. The van der Waals surface area contributed by atoms with Gasteiger partial charge in [-0.2, -0.15) is 0 Å². The van der Waals surface area contributed by atoms with E-state index in [4.69, 9.17) is 9.47 Å². The first-order valence-electron chi connectivity index (χ1n) is 17.5. The van der Waals surface area contributed by atoms with E-state index in [1.807, 2.05) is 0 Å². The van der Waals surface area contributed by atoms with Gasteiger partial charge in [-0.05, 0) is 56.2 Å². The zero-order valence-corrected chi connectivity index (χ0v) is 29.0. The van der Waals surface area contributed by atoms with E-state index >= 15 is 0 Å². The molecule has 3 N–H and O–H groups in total. The molecule has 0 saturated heterocycles. The van der Waals surface area contributed by atoms with Gasteiger partial charge in [0, 0.05) is 19.3 Å². The van der Waals surface area contributed by atoms with Crippen molar-refractivity contribution in [3.05, 3.63) is 42.0 Å². The predicted molar refractivity (Wildman–Crippen MR) is 181 cm³/mol. The standard InChI is InChI=1S/C37H59F2NO7/c1-5-8-10-14-17-25-36(38,39)26-18-15-12-11-13-16-19-31(37(45,24-7-3)35(43)44)33(41)40-32(34(42)46-4)28-29-20-22-30(23-21-29)47-27-9-6-2/h16,19-23,31-32,45H,5-15,17-18,24-28H2,1-4H3,(H,40,41)(H,43,44)/t31-,32?,37+/m1/s1. The lowest BCUT2D eigenvalue weighted by atomic mass is 9.82. The molecule has 0 aliphatic rings. The Kier molecular flexibility index (Phi) is 20.9. The maximum Gasteiger partial charge on any atom is 0.336 e. The largest absolute Gasteiger partial charge is 0.494 e. The van der Waals surface area contributed by atoms with Gasteiger partial charge in [0.2, 0.25) is 11.8 Å². The Balaban J connectivity index is 2.83. The quantitative estimate of drug-likeness (QED) is 0.0491. The number of amides is 1. The number of carboxylic acids is 1. The minimum absolute atomic E-state index is 0.0651. The number of alkyl halides is 2. The number of carbonyl (C=O) groups excluding carboxylic acids is 2. The van der Waals surface area contributed by atoms with Crippen molar-refractivity contribution in [3.63, 3.8) is 0 Å². The summed E-state index contributed by atoms with van der Waals surface area (Å²) < 4.78 is 38.9. The second kappa shape index (κ2) is 23.3. The summed E-state index contributed by atoms with van der Waals surface area (Å²) in [7, 11) is 1.20. The summed E-state index contributed by atoms with van der Waals surface area (Å²) >= 11 is 0. The van der Waals surface area contributed by atoms with E-state index in [1.54, 1.807) is 37.3 Å². The molecule has 1 amide bonds. The lowest BCUT2D eigenvalue weighted by Gasteiger charge is -2.30. The molecule has 0 aliphatic heterocycles.